The molecule has 0 aromatic carbocycles. The molecule has 25 N–H and O–H groups in total. The number of carbonyl (C=O) groups is 4. The van der Waals surface area contributed by atoms with Gasteiger partial charge in [-0.3, -0.25) is 19.2 Å². The maximum absolute atomic E-state index is 12.9. The Kier molecular flexibility index (Phi) is 30.9. The van der Waals surface area contributed by atoms with Crippen molar-refractivity contribution in [2.24, 2.45) is 5.92 Å². The second kappa shape index (κ2) is 37.4. The van der Waals surface area contributed by atoms with E-state index in [1.807, 2.05) is 0 Å². The number of amides is 3. The molecule has 0 aliphatic carbocycles. The number of nitrogens with one attached hydrogen (secondary N) is 3. The largest absolute Gasteiger partial charge is 0.410 e. The van der Waals surface area contributed by atoms with Gasteiger partial charge in [0.1, 0.15) is 177 Å². The number of carbonyl (C=O) groups excluding carboxylic acids is 4. The fourth-order valence-corrected chi connectivity index (χ4v) is 13.5. The maximum Gasteiger partial charge on any atom is 0.332 e. The van der Waals surface area contributed by atoms with Gasteiger partial charge in [0.05, 0.1) is 83.6 Å². The zero-order valence-corrected chi connectivity index (χ0v) is 56.5. The molecule has 3 amide bonds. The third-order valence-corrected chi connectivity index (χ3v) is 19.3. The Morgan fingerprint density at radius 3 is 1.29 bits per heavy atom. The van der Waals surface area contributed by atoms with Gasteiger partial charge >= 0.3 is 5.97 Å². The molecule has 45 heteroatoms. The van der Waals surface area contributed by atoms with Gasteiger partial charge in [0.25, 0.3) is 6.47 Å². The van der Waals surface area contributed by atoms with E-state index in [0.29, 0.717) is 0 Å². The van der Waals surface area contributed by atoms with Crippen LogP contribution in [-0.4, -0.2) is 434 Å². The van der Waals surface area contributed by atoms with Crippen molar-refractivity contribution in [2.75, 3.05) is 52.9 Å². The summed E-state index contributed by atoms with van der Waals surface area (Å²) in [6.07, 6.45) is -71.2. The fourth-order valence-electron chi connectivity index (χ4n) is 13.5. The summed E-state index contributed by atoms with van der Waals surface area (Å²) in [6, 6.07) is -4.87. The maximum atomic E-state index is 12.9. The zero-order chi connectivity index (χ0) is 76.8. The summed E-state index contributed by atoms with van der Waals surface area (Å²) < 4.78 is 93.7. The van der Waals surface area contributed by atoms with E-state index < -0.39 is 328 Å². The van der Waals surface area contributed by atoms with Crippen LogP contribution in [0.4, 0.5) is 0 Å². The number of ether oxygens (including phenoxy) is 16. The second-order valence-corrected chi connectivity index (χ2v) is 26.6. The number of aliphatic hydroxyl groups is 22. The minimum absolute atomic E-state index is 0.171. The molecule has 45 nitrogen and oxygen atoms in total. The fraction of sp³-hybridized carbons (Fsp3) is 0.932. The first-order chi connectivity index (χ1) is 49.1. The van der Waals surface area contributed by atoms with Gasteiger partial charge in [0, 0.05) is 26.7 Å². The summed E-state index contributed by atoms with van der Waals surface area (Å²) in [5.41, 5.74) is 0. The molecule has 8 aliphatic rings. The van der Waals surface area contributed by atoms with Crippen LogP contribution in [-0.2, 0) is 95.0 Å². The van der Waals surface area contributed by atoms with Crippen LogP contribution in [0.15, 0.2) is 0 Å². The van der Waals surface area contributed by atoms with Crippen LogP contribution in [0.2, 0.25) is 0 Å². The van der Waals surface area contributed by atoms with Gasteiger partial charge in [0.2, 0.25) is 17.7 Å². The highest BCUT2D eigenvalue weighted by Crippen LogP contribution is 2.41. The Bertz CT molecular complexity index is 2710. The van der Waals surface area contributed by atoms with Crippen molar-refractivity contribution in [3.8, 4) is 0 Å². The SMILES string of the molecule is CC(=O)NC1C(O)[C@H](O[C@@H]2OC(CO[C@]3(OC=O)C[C@@H](O)[C@@H](C)C([C@H](O)[C@H](O)CO)O3)[C@H](O)[C@H](O)C2O)[C@H](CO)O[C@H]1OC1[C@@H](OCC2O[C@@H](O[C@@H]3C(CO)O[C@@H](O[C@@H]4C(CO)O[C@@H](C)C(NC(C)=O)[C@H]4O)C(NC(C)=O)[C@H]3O)C(O)[C@@H](OC3OC(CO)[C@@H](O)C(O)C3O)[C@@H]2O)OC(CO)[C@@H](O)[C@@H]1O. The molecular formula is C59H99N3O42. The van der Waals surface area contributed by atoms with Crippen molar-refractivity contribution >= 4 is 24.2 Å². The van der Waals surface area contributed by atoms with Crippen molar-refractivity contribution in [3.63, 3.8) is 0 Å². The Morgan fingerprint density at radius 2 is 0.817 bits per heavy atom. The number of hydrogen-bond donors (Lipinski definition) is 25. The predicted molar refractivity (Wildman–Crippen MR) is 323 cm³/mol. The average Bonchev–Trinajstić information content (AvgIpc) is 0.774. The lowest BCUT2D eigenvalue weighted by Gasteiger charge is -2.50. The molecule has 8 fully saturated rings. The van der Waals surface area contributed by atoms with Crippen LogP contribution in [0.5, 0.6) is 0 Å². The molecule has 0 saturated carbocycles. The van der Waals surface area contributed by atoms with Crippen LogP contribution in [0, 0.1) is 5.92 Å². The van der Waals surface area contributed by atoms with Gasteiger partial charge in [-0.2, -0.15) is 0 Å². The highest BCUT2D eigenvalue weighted by atomic mass is 16.9. The minimum Gasteiger partial charge on any atom is -0.410 e. The normalized spacial score (nSPS) is 47.9. The minimum atomic E-state index is -2.62. The molecule has 17 unspecified atom stereocenters. The molecule has 8 aliphatic heterocycles. The Morgan fingerprint density at radius 1 is 0.433 bits per heavy atom. The lowest BCUT2D eigenvalue weighted by molar-refractivity contribution is -0.424. The first-order valence-electron chi connectivity index (χ1n) is 33.4. The molecule has 8 heterocycles. The molecule has 0 aromatic heterocycles. The van der Waals surface area contributed by atoms with E-state index in [-0.39, 0.29) is 6.47 Å². The topological polar surface area (TPSA) is 697 Å². The third-order valence-electron chi connectivity index (χ3n) is 19.3. The van der Waals surface area contributed by atoms with E-state index in [4.69, 9.17) is 75.8 Å². The van der Waals surface area contributed by atoms with Gasteiger partial charge in [0.15, 0.2) is 37.7 Å². The van der Waals surface area contributed by atoms with Crippen LogP contribution in [0.3, 0.4) is 0 Å². The van der Waals surface area contributed by atoms with Crippen LogP contribution >= 0.6 is 0 Å². The molecule has 104 heavy (non-hydrogen) atoms. The monoisotopic (exact) mass is 1520 g/mol. The van der Waals surface area contributed by atoms with E-state index in [2.05, 4.69) is 16.0 Å². The first-order valence-corrected chi connectivity index (χ1v) is 33.4. The van der Waals surface area contributed by atoms with Gasteiger partial charge < -0.3 is 204 Å². The van der Waals surface area contributed by atoms with Gasteiger partial charge in [-0.05, 0) is 6.92 Å². The molecule has 0 aromatic rings. The van der Waals surface area contributed by atoms with E-state index in [1.54, 1.807) is 0 Å². The van der Waals surface area contributed by atoms with Crippen molar-refractivity contribution in [1.82, 2.24) is 16.0 Å². The quantitative estimate of drug-likeness (QED) is 0.0244. The second-order valence-electron chi connectivity index (χ2n) is 26.6. The van der Waals surface area contributed by atoms with Crippen LogP contribution < -0.4 is 16.0 Å². The Hall–Kier alpha value is -3.60. The molecular weight excluding hydrogens is 1420 g/mol. The molecule has 41 atom stereocenters. The van der Waals surface area contributed by atoms with E-state index >= 15 is 0 Å². The summed E-state index contributed by atoms with van der Waals surface area (Å²) in [4.78, 5) is 49.7. The summed E-state index contributed by atoms with van der Waals surface area (Å²) in [7, 11) is 0. The summed E-state index contributed by atoms with van der Waals surface area (Å²) in [5.74, 6) is -6.01. The van der Waals surface area contributed by atoms with E-state index in [0.717, 1.165) is 20.8 Å². The molecule has 0 spiro atoms. The zero-order valence-electron chi connectivity index (χ0n) is 56.5. The molecule has 0 bridgehead atoms. The summed E-state index contributed by atoms with van der Waals surface area (Å²) >= 11 is 0. The van der Waals surface area contributed by atoms with Crippen molar-refractivity contribution in [3.05, 3.63) is 0 Å². The smallest absolute Gasteiger partial charge is 0.332 e. The first kappa shape index (κ1) is 86.0. The number of aliphatic hydroxyl groups excluding tert-OH is 22. The predicted octanol–water partition coefficient (Wildman–Crippen LogP) is -16.4. The molecule has 8 saturated heterocycles. The number of hydrogen-bond acceptors (Lipinski definition) is 42. The summed E-state index contributed by atoms with van der Waals surface area (Å²) in [6.45, 7) is -2.38. The van der Waals surface area contributed by atoms with E-state index in [1.165, 1.54) is 13.8 Å². The standard InChI is InChI=1S/C59H99N3O42/c1-16-21(73)6-59(91-15-69,104-47(16)33(75)22(74)7-63)90-14-29-36(78)42(84)45(87)56(98-29)100-49-26(11-67)96-54(32(40(49)82)62-20(5)72)103-52-43(85)35(77)24(9-65)94-58(52)89-13-28-37(79)51(102-55-44(86)41(83)34(76)23(8-64)93-55)46(88)57(97-28)101-50-27(12-68)95-53(31(39(50)81)61-19(4)71)99-48-25(10-66)92-17(2)30(38(48)80)60-18(3)70/h15-17,21-58,63-68,73-88H,6-14H2,1-5H3,(H,60,70)(H,61,71)(H,62,72)/t16-,17+,21-,22-,23?,24?,25?,26+,27?,28?,29?,30?,31?,32?,33-,34-,35-,36+,37-,38-,39-,40?,41?,42+,43+,44?,45?,46?,47?,48-,49-,50-,51+,52?,53+,54+,55?,56+,57+,58+,59+/m1/s1. The number of rotatable bonds is 29. The molecule has 0 radical (unpaired) electrons. The third kappa shape index (κ3) is 19.0. The molecule has 602 valence electrons. The van der Waals surface area contributed by atoms with Crippen molar-refractivity contribution in [1.29, 1.82) is 0 Å². The van der Waals surface area contributed by atoms with Crippen LogP contribution in [0.1, 0.15) is 41.0 Å². The van der Waals surface area contributed by atoms with Crippen molar-refractivity contribution in [2.45, 2.75) is 286 Å². The Balaban J connectivity index is 1.04. The highest BCUT2D eigenvalue weighted by molar-refractivity contribution is 5.74. The average molecular weight is 1520 g/mol. The molecule has 8 rings (SSSR count). The van der Waals surface area contributed by atoms with E-state index in [9.17, 15) is 132 Å². The highest BCUT2D eigenvalue weighted by Gasteiger charge is 2.60. The van der Waals surface area contributed by atoms with Crippen molar-refractivity contribution < 1.29 is 207 Å². The lowest BCUT2D eigenvalue weighted by Crippen LogP contribution is -2.70. The van der Waals surface area contributed by atoms with Gasteiger partial charge in [-0.25, -0.2) is 0 Å². The van der Waals surface area contributed by atoms with Gasteiger partial charge in [-0.15, -0.1) is 0 Å². The Labute approximate surface area is 590 Å². The summed E-state index contributed by atoms with van der Waals surface area (Å²) in [5, 5.41) is 250. The van der Waals surface area contributed by atoms with Gasteiger partial charge in [-0.1, -0.05) is 6.92 Å². The lowest BCUT2D eigenvalue weighted by atomic mass is 9.87. The van der Waals surface area contributed by atoms with Crippen LogP contribution in [0.25, 0.3) is 0 Å².